The van der Waals surface area contributed by atoms with Crippen LogP contribution < -0.4 is 5.32 Å². The molecule has 0 bridgehead atoms. The van der Waals surface area contributed by atoms with Gasteiger partial charge in [0.1, 0.15) is 5.56 Å². The smallest absolute Gasteiger partial charge is 0.339 e. The molecule has 0 amide bonds. The fourth-order valence-corrected chi connectivity index (χ4v) is 3.53. The van der Waals surface area contributed by atoms with Crippen molar-refractivity contribution in [2.24, 2.45) is 0 Å². The van der Waals surface area contributed by atoms with Crippen LogP contribution >= 0.6 is 27.3 Å². The monoisotopic (exact) mass is 354 g/mol. The Bertz CT molecular complexity index is 640. The van der Waals surface area contributed by atoms with Gasteiger partial charge in [-0.2, -0.15) is 0 Å². The number of rotatable bonds is 5. The number of carboxylic acids is 1. The van der Waals surface area contributed by atoms with Crippen molar-refractivity contribution in [3.8, 4) is 0 Å². The van der Waals surface area contributed by atoms with Crippen LogP contribution in [0.1, 0.15) is 26.6 Å². The standard InChI is InChI=1S/C14H15BrN2O2S/c1-8-7-11(13(14(18)19)9(2)17-8)16-6-5-10-3-4-12(15)20-10/h3-4,7H,5-6H2,1-2H3,(H,16,17)(H,18,19). The van der Waals surface area contributed by atoms with E-state index in [4.69, 9.17) is 0 Å². The molecule has 0 aliphatic carbocycles. The molecule has 0 saturated heterocycles. The van der Waals surface area contributed by atoms with E-state index >= 15 is 0 Å². The number of hydrogen-bond acceptors (Lipinski definition) is 4. The molecule has 0 atom stereocenters. The van der Waals surface area contributed by atoms with E-state index in [1.54, 1.807) is 24.3 Å². The summed E-state index contributed by atoms with van der Waals surface area (Å²) < 4.78 is 1.11. The Kier molecular flexibility index (Phi) is 4.77. The molecule has 0 radical (unpaired) electrons. The molecule has 20 heavy (non-hydrogen) atoms. The van der Waals surface area contributed by atoms with Gasteiger partial charge in [0, 0.05) is 17.1 Å². The van der Waals surface area contributed by atoms with Crippen molar-refractivity contribution in [1.82, 2.24) is 4.98 Å². The van der Waals surface area contributed by atoms with Crippen molar-refractivity contribution in [2.75, 3.05) is 11.9 Å². The summed E-state index contributed by atoms with van der Waals surface area (Å²) in [6, 6.07) is 5.86. The number of halogens is 1. The van der Waals surface area contributed by atoms with Crippen molar-refractivity contribution in [1.29, 1.82) is 0 Å². The average molecular weight is 355 g/mol. The van der Waals surface area contributed by atoms with Crippen LogP contribution in [0.2, 0.25) is 0 Å². The van der Waals surface area contributed by atoms with E-state index in [0.717, 1.165) is 15.9 Å². The van der Waals surface area contributed by atoms with Crippen LogP contribution in [0.25, 0.3) is 0 Å². The first-order valence-electron chi connectivity index (χ1n) is 6.17. The van der Waals surface area contributed by atoms with E-state index in [-0.39, 0.29) is 5.56 Å². The number of nitrogens with zero attached hydrogens (tertiary/aromatic N) is 1. The highest BCUT2D eigenvalue weighted by Crippen LogP contribution is 2.23. The summed E-state index contributed by atoms with van der Waals surface area (Å²) in [4.78, 5) is 16.8. The first kappa shape index (κ1) is 15.0. The maximum absolute atomic E-state index is 11.3. The number of nitrogens with one attached hydrogen (secondary N) is 1. The van der Waals surface area contributed by atoms with Gasteiger partial charge in [0.15, 0.2) is 0 Å². The van der Waals surface area contributed by atoms with Gasteiger partial charge in [0.05, 0.1) is 15.2 Å². The van der Waals surface area contributed by atoms with Crippen molar-refractivity contribution >= 4 is 38.9 Å². The first-order chi connectivity index (χ1) is 9.47. The molecule has 2 heterocycles. The molecule has 0 fully saturated rings. The van der Waals surface area contributed by atoms with Gasteiger partial charge >= 0.3 is 5.97 Å². The van der Waals surface area contributed by atoms with Gasteiger partial charge in [-0.1, -0.05) is 0 Å². The third-order valence-corrected chi connectivity index (χ3v) is 4.54. The largest absolute Gasteiger partial charge is 0.478 e. The summed E-state index contributed by atoms with van der Waals surface area (Å²) in [7, 11) is 0. The van der Waals surface area contributed by atoms with Gasteiger partial charge < -0.3 is 10.4 Å². The molecule has 0 aromatic carbocycles. The van der Waals surface area contributed by atoms with Gasteiger partial charge in [-0.15, -0.1) is 11.3 Å². The Labute approximate surface area is 130 Å². The SMILES string of the molecule is Cc1cc(NCCc2ccc(Br)s2)c(C(=O)O)c(C)n1. The Balaban J connectivity index is 2.10. The van der Waals surface area contributed by atoms with Crippen LogP contribution in [-0.4, -0.2) is 22.6 Å². The highest BCUT2D eigenvalue weighted by Gasteiger charge is 2.15. The van der Waals surface area contributed by atoms with Gasteiger partial charge in [0.2, 0.25) is 0 Å². The molecule has 0 spiro atoms. The van der Waals surface area contributed by atoms with Gasteiger partial charge in [-0.3, -0.25) is 4.98 Å². The number of aromatic carboxylic acids is 1. The minimum Gasteiger partial charge on any atom is -0.478 e. The molecule has 0 saturated carbocycles. The highest BCUT2D eigenvalue weighted by molar-refractivity contribution is 9.11. The number of anilines is 1. The molecule has 0 aliphatic rings. The van der Waals surface area contributed by atoms with Crippen molar-refractivity contribution in [3.05, 3.63) is 43.8 Å². The summed E-state index contributed by atoms with van der Waals surface area (Å²) in [5.41, 5.74) is 2.24. The molecule has 0 unspecified atom stereocenters. The van der Waals surface area contributed by atoms with E-state index in [9.17, 15) is 9.90 Å². The first-order valence-corrected chi connectivity index (χ1v) is 7.78. The maximum atomic E-state index is 11.3. The highest BCUT2D eigenvalue weighted by atomic mass is 79.9. The Hall–Kier alpha value is -1.40. The zero-order valence-corrected chi connectivity index (χ0v) is 13.6. The predicted octanol–water partition coefficient (Wildman–Crippen LogP) is 3.88. The number of carbonyl (C=O) groups is 1. The van der Waals surface area contributed by atoms with Crippen molar-refractivity contribution in [2.45, 2.75) is 20.3 Å². The summed E-state index contributed by atoms with van der Waals surface area (Å²) >= 11 is 5.12. The Morgan fingerprint density at radius 3 is 2.80 bits per heavy atom. The van der Waals surface area contributed by atoms with Crippen molar-refractivity contribution < 1.29 is 9.90 Å². The number of pyridine rings is 1. The predicted molar refractivity (Wildman–Crippen MR) is 84.9 cm³/mol. The number of hydrogen-bond donors (Lipinski definition) is 2. The minimum absolute atomic E-state index is 0.253. The van der Waals surface area contributed by atoms with E-state index in [0.29, 0.717) is 17.9 Å². The van der Waals surface area contributed by atoms with Gasteiger partial charge in [-0.25, -0.2) is 4.79 Å². The Morgan fingerprint density at radius 1 is 1.45 bits per heavy atom. The number of carboxylic acid groups (broad SMARTS) is 1. The number of aromatic nitrogens is 1. The summed E-state index contributed by atoms with van der Waals surface area (Å²) in [6.07, 6.45) is 0.857. The Morgan fingerprint density at radius 2 is 2.20 bits per heavy atom. The van der Waals surface area contributed by atoms with Crippen LogP contribution in [0.5, 0.6) is 0 Å². The maximum Gasteiger partial charge on any atom is 0.339 e. The van der Waals surface area contributed by atoms with Crippen LogP contribution in [0, 0.1) is 13.8 Å². The van der Waals surface area contributed by atoms with Crippen LogP contribution in [0.4, 0.5) is 5.69 Å². The quantitative estimate of drug-likeness (QED) is 0.855. The molecule has 2 N–H and O–H groups in total. The third-order valence-electron chi connectivity index (χ3n) is 2.86. The fourth-order valence-electron chi connectivity index (χ4n) is 2.04. The second-order valence-corrected chi connectivity index (χ2v) is 7.01. The molecule has 106 valence electrons. The molecule has 4 nitrogen and oxygen atoms in total. The topological polar surface area (TPSA) is 62.2 Å². The average Bonchev–Trinajstić information content (AvgIpc) is 2.73. The molecule has 2 aromatic heterocycles. The van der Waals surface area contributed by atoms with E-state index < -0.39 is 5.97 Å². The van der Waals surface area contributed by atoms with E-state index in [1.165, 1.54) is 4.88 Å². The molecule has 0 aliphatic heterocycles. The number of aryl methyl sites for hydroxylation is 2. The van der Waals surface area contributed by atoms with E-state index in [2.05, 4.69) is 32.3 Å². The lowest BCUT2D eigenvalue weighted by Crippen LogP contribution is -2.12. The molecule has 6 heteroatoms. The zero-order valence-electron chi connectivity index (χ0n) is 11.2. The molecular formula is C14H15BrN2O2S. The zero-order chi connectivity index (χ0) is 14.7. The second-order valence-electron chi connectivity index (χ2n) is 4.46. The molecule has 2 rings (SSSR count). The lowest BCUT2D eigenvalue weighted by molar-refractivity contribution is 0.0696. The third kappa shape index (κ3) is 3.58. The fraction of sp³-hybridized carbons (Fsp3) is 0.286. The normalized spacial score (nSPS) is 10.6. The van der Waals surface area contributed by atoms with E-state index in [1.807, 2.05) is 13.0 Å². The lowest BCUT2D eigenvalue weighted by Gasteiger charge is -2.12. The summed E-state index contributed by atoms with van der Waals surface area (Å²) in [5.74, 6) is -0.948. The van der Waals surface area contributed by atoms with Gasteiger partial charge in [0.25, 0.3) is 0 Å². The molecule has 2 aromatic rings. The van der Waals surface area contributed by atoms with Crippen LogP contribution in [0.3, 0.4) is 0 Å². The summed E-state index contributed by atoms with van der Waals surface area (Å²) in [5, 5.41) is 12.5. The minimum atomic E-state index is -0.948. The lowest BCUT2D eigenvalue weighted by atomic mass is 10.1. The molecular weight excluding hydrogens is 340 g/mol. The second kappa shape index (κ2) is 6.37. The van der Waals surface area contributed by atoms with Crippen LogP contribution in [-0.2, 0) is 6.42 Å². The number of thiophene rings is 1. The van der Waals surface area contributed by atoms with Gasteiger partial charge in [-0.05, 0) is 54.4 Å². The van der Waals surface area contributed by atoms with Crippen molar-refractivity contribution in [3.63, 3.8) is 0 Å². The summed E-state index contributed by atoms with van der Waals surface area (Å²) in [6.45, 7) is 4.27. The van der Waals surface area contributed by atoms with Crippen LogP contribution in [0.15, 0.2) is 22.0 Å².